The Kier molecular flexibility index (Phi) is 5.69. The molecule has 2 N–H and O–H groups in total. The lowest BCUT2D eigenvalue weighted by atomic mass is 10.2. The Bertz CT molecular complexity index is 968. The third kappa shape index (κ3) is 4.74. The van der Waals surface area contributed by atoms with Crippen LogP contribution in [0.3, 0.4) is 0 Å². The summed E-state index contributed by atoms with van der Waals surface area (Å²) in [6.07, 6.45) is 1.73. The number of hydrogen-bond acceptors (Lipinski definition) is 3. The molecular weight excluding hydrogens is 326 g/mol. The Morgan fingerprint density at radius 3 is 2.85 bits per heavy atom. The van der Waals surface area contributed by atoms with Crippen molar-refractivity contribution in [2.75, 3.05) is 18.5 Å². The van der Waals surface area contributed by atoms with Crippen LogP contribution in [-0.4, -0.2) is 24.2 Å². The van der Waals surface area contributed by atoms with Crippen LogP contribution in [0.2, 0.25) is 0 Å². The van der Waals surface area contributed by atoms with Gasteiger partial charge in [0, 0.05) is 17.3 Å². The first kappa shape index (κ1) is 17.3. The molecule has 0 saturated carbocycles. The minimum Gasteiger partial charge on any atom is -0.479 e. The van der Waals surface area contributed by atoms with E-state index in [2.05, 4.69) is 27.5 Å². The van der Waals surface area contributed by atoms with Crippen molar-refractivity contribution in [3.8, 4) is 17.6 Å². The molecule has 3 rings (SSSR count). The molecule has 0 saturated heterocycles. The van der Waals surface area contributed by atoms with Crippen LogP contribution < -0.4 is 15.4 Å². The van der Waals surface area contributed by atoms with Gasteiger partial charge in [0.2, 0.25) is 0 Å². The van der Waals surface area contributed by atoms with Gasteiger partial charge in [0.25, 0.3) is 0 Å². The largest absolute Gasteiger partial charge is 0.479 e. The number of aromatic nitrogens is 1. The molecule has 0 unspecified atom stereocenters. The predicted molar refractivity (Wildman–Crippen MR) is 103 cm³/mol. The lowest BCUT2D eigenvalue weighted by molar-refractivity contribution is 0.253. The summed E-state index contributed by atoms with van der Waals surface area (Å²) in [5, 5.41) is 6.47. The number of benzene rings is 2. The molecule has 130 valence electrons. The number of aryl methyl sites for hydroxylation is 1. The highest BCUT2D eigenvalue weighted by Crippen LogP contribution is 2.22. The normalized spacial score (nSPS) is 9.88. The van der Waals surface area contributed by atoms with Gasteiger partial charge in [-0.25, -0.2) is 4.79 Å². The number of carbonyl (C=O) groups is 1. The number of para-hydroxylation sites is 1. The van der Waals surface area contributed by atoms with Crippen molar-refractivity contribution < 1.29 is 9.53 Å². The van der Waals surface area contributed by atoms with Crippen molar-refractivity contribution in [1.82, 2.24) is 10.3 Å². The van der Waals surface area contributed by atoms with Crippen LogP contribution in [-0.2, 0) is 0 Å². The van der Waals surface area contributed by atoms with E-state index in [4.69, 9.17) is 4.74 Å². The molecule has 0 aliphatic carbocycles. The molecular formula is C21H19N3O2. The fourth-order valence-corrected chi connectivity index (χ4v) is 2.44. The van der Waals surface area contributed by atoms with Crippen molar-refractivity contribution in [3.05, 3.63) is 66.4 Å². The third-order valence-corrected chi connectivity index (χ3v) is 3.63. The summed E-state index contributed by atoms with van der Waals surface area (Å²) in [4.78, 5) is 16.1. The second kappa shape index (κ2) is 8.54. The third-order valence-electron chi connectivity index (χ3n) is 3.63. The van der Waals surface area contributed by atoms with E-state index in [-0.39, 0.29) is 19.2 Å². The fourth-order valence-electron chi connectivity index (χ4n) is 2.44. The number of fused-ring (bicyclic) bond motifs is 1. The van der Waals surface area contributed by atoms with Gasteiger partial charge in [-0.05, 0) is 36.8 Å². The average Bonchev–Trinajstić information content (AvgIpc) is 2.64. The smallest absolute Gasteiger partial charge is 0.319 e. The molecule has 0 aliphatic heterocycles. The molecule has 5 nitrogen and oxygen atoms in total. The molecule has 2 amide bonds. The lowest BCUT2D eigenvalue weighted by Crippen LogP contribution is -2.28. The molecule has 0 bridgehead atoms. The van der Waals surface area contributed by atoms with E-state index < -0.39 is 0 Å². The van der Waals surface area contributed by atoms with Gasteiger partial charge in [-0.3, -0.25) is 4.98 Å². The van der Waals surface area contributed by atoms with Crippen molar-refractivity contribution >= 4 is 22.6 Å². The number of nitrogens with zero attached hydrogens (tertiary/aromatic N) is 1. The average molecular weight is 345 g/mol. The van der Waals surface area contributed by atoms with E-state index in [1.807, 2.05) is 61.5 Å². The van der Waals surface area contributed by atoms with Gasteiger partial charge in [-0.2, -0.15) is 0 Å². The van der Waals surface area contributed by atoms with Gasteiger partial charge in [0.15, 0.2) is 0 Å². The fraction of sp³-hybridized carbons (Fsp3) is 0.143. The van der Waals surface area contributed by atoms with Crippen molar-refractivity contribution in [2.45, 2.75) is 6.92 Å². The quantitative estimate of drug-likeness (QED) is 0.708. The van der Waals surface area contributed by atoms with Gasteiger partial charge >= 0.3 is 6.03 Å². The Hall–Kier alpha value is -3.52. The maximum Gasteiger partial charge on any atom is 0.319 e. The topological polar surface area (TPSA) is 63.2 Å². The number of urea groups is 1. The maximum atomic E-state index is 11.8. The molecule has 3 aromatic rings. The number of anilines is 1. The number of pyridine rings is 1. The summed E-state index contributed by atoms with van der Waals surface area (Å²) in [5.41, 5.74) is 2.65. The van der Waals surface area contributed by atoms with Gasteiger partial charge in [0.1, 0.15) is 17.9 Å². The summed E-state index contributed by atoms with van der Waals surface area (Å²) in [6, 6.07) is 17.0. The van der Waals surface area contributed by atoms with E-state index in [9.17, 15) is 4.79 Å². The van der Waals surface area contributed by atoms with Gasteiger partial charge in [0.05, 0.1) is 6.54 Å². The summed E-state index contributed by atoms with van der Waals surface area (Å²) in [7, 11) is 0. The number of ether oxygens (including phenoxy) is 1. The summed E-state index contributed by atoms with van der Waals surface area (Å²) in [6.45, 7) is 2.45. The molecule has 0 aliphatic rings. The van der Waals surface area contributed by atoms with Gasteiger partial charge in [-0.15, -0.1) is 0 Å². The van der Waals surface area contributed by atoms with E-state index in [1.54, 1.807) is 6.20 Å². The molecule has 26 heavy (non-hydrogen) atoms. The minimum absolute atomic E-state index is 0.233. The molecule has 2 aromatic carbocycles. The van der Waals surface area contributed by atoms with Gasteiger partial charge in [-0.1, -0.05) is 42.2 Å². The van der Waals surface area contributed by atoms with Crippen molar-refractivity contribution in [2.24, 2.45) is 0 Å². The van der Waals surface area contributed by atoms with E-state index in [0.29, 0.717) is 5.75 Å². The van der Waals surface area contributed by atoms with Crippen LogP contribution in [0.15, 0.2) is 60.8 Å². The monoisotopic (exact) mass is 345 g/mol. The number of rotatable bonds is 4. The van der Waals surface area contributed by atoms with Crippen molar-refractivity contribution in [1.29, 1.82) is 0 Å². The minimum atomic E-state index is -0.288. The highest BCUT2D eigenvalue weighted by Gasteiger charge is 2.01. The van der Waals surface area contributed by atoms with Crippen LogP contribution in [0.5, 0.6) is 5.75 Å². The molecule has 0 atom stereocenters. The highest BCUT2D eigenvalue weighted by atomic mass is 16.5. The number of hydrogen-bond donors (Lipinski definition) is 2. The second-order valence-electron chi connectivity index (χ2n) is 5.65. The Balaban J connectivity index is 1.45. The lowest BCUT2D eigenvalue weighted by Gasteiger charge is -2.06. The first-order valence-corrected chi connectivity index (χ1v) is 8.26. The zero-order chi connectivity index (χ0) is 18.2. The number of nitrogens with one attached hydrogen (secondary N) is 2. The van der Waals surface area contributed by atoms with Crippen molar-refractivity contribution in [3.63, 3.8) is 0 Å². The maximum absolute atomic E-state index is 11.8. The summed E-state index contributed by atoms with van der Waals surface area (Å²) >= 11 is 0. The zero-order valence-electron chi connectivity index (χ0n) is 14.5. The Labute approximate surface area is 152 Å². The molecule has 1 aromatic heterocycles. The van der Waals surface area contributed by atoms with Crippen LogP contribution in [0.25, 0.3) is 10.9 Å². The summed E-state index contributed by atoms with van der Waals surface area (Å²) < 4.78 is 5.67. The van der Waals surface area contributed by atoms with E-state index >= 15 is 0 Å². The SMILES string of the molecule is Cc1cccc(NC(=O)NCC#CCOc2cccc3cccnc23)c1. The van der Waals surface area contributed by atoms with Crippen LogP contribution in [0, 0.1) is 18.8 Å². The molecule has 1 heterocycles. The second-order valence-corrected chi connectivity index (χ2v) is 5.65. The predicted octanol–water partition coefficient (Wildman–Crippen LogP) is 3.75. The van der Waals surface area contributed by atoms with Gasteiger partial charge < -0.3 is 15.4 Å². The van der Waals surface area contributed by atoms with E-state index in [1.165, 1.54) is 0 Å². The zero-order valence-corrected chi connectivity index (χ0v) is 14.5. The van der Waals surface area contributed by atoms with Crippen LogP contribution in [0.1, 0.15) is 5.56 Å². The highest BCUT2D eigenvalue weighted by molar-refractivity contribution is 5.89. The van der Waals surface area contributed by atoms with E-state index in [0.717, 1.165) is 22.2 Å². The standard InChI is InChI=1S/C21H19N3O2/c1-16-7-4-10-18(15-16)24-21(25)23-12-2-3-14-26-19-11-5-8-17-9-6-13-22-20(17)19/h4-11,13,15H,12,14H2,1H3,(H2,23,24,25). The Morgan fingerprint density at radius 2 is 1.96 bits per heavy atom. The molecule has 5 heteroatoms. The summed E-state index contributed by atoms with van der Waals surface area (Å²) in [5.74, 6) is 6.45. The number of amides is 2. The molecule has 0 radical (unpaired) electrons. The molecule has 0 fully saturated rings. The first-order chi connectivity index (χ1) is 12.7. The van der Waals surface area contributed by atoms with Crippen LogP contribution in [0.4, 0.5) is 10.5 Å². The number of carbonyl (C=O) groups excluding carboxylic acids is 1. The first-order valence-electron chi connectivity index (χ1n) is 8.26. The van der Waals surface area contributed by atoms with Crippen LogP contribution >= 0.6 is 0 Å². The molecule has 0 spiro atoms. The Morgan fingerprint density at radius 1 is 1.12 bits per heavy atom.